The second-order valence-corrected chi connectivity index (χ2v) is 7.07. The van der Waals surface area contributed by atoms with E-state index >= 15 is 0 Å². The Hall–Kier alpha value is -0.410. The van der Waals surface area contributed by atoms with Crippen molar-refractivity contribution in [2.75, 3.05) is 0 Å². The number of nitrogens with zero attached hydrogens (tertiary/aromatic N) is 3. The topological polar surface area (TPSA) is 38.7 Å². The van der Waals surface area contributed by atoms with E-state index < -0.39 is 0 Å². The maximum Gasteiger partial charge on any atom is 0.226 e. The van der Waals surface area contributed by atoms with Gasteiger partial charge in [0, 0.05) is 5.41 Å². The first kappa shape index (κ1) is 11.4. The molecule has 0 spiro atoms. The quantitative estimate of drug-likeness (QED) is 0.790. The molecule has 3 nitrogen and oxygen atoms in total. The van der Waals surface area contributed by atoms with Crippen LogP contribution in [0.2, 0.25) is 10.6 Å². The lowest BCUT2D eigenvalue weighted by molar-refractivity contribution is -0.00949. The molecule has 1 aromatic rings. The fourth-order valence-corrected chi connectivity index (χ4v) is 5.31. The molecule has 1 heterocycles. The van der Waals surface area contributed by atoms with Crippen LogP contribution < -0.4 is 0 Å². The van der Waals surface area contributed by atoms with Gasteiger partial charge in [0.05, 0.1) is 0 Å². The van der Waals surface area contributed by atoms with E-state index in [2.05, 4.69) is 15.0 Å². The zero-order valence-electron chi connectivity index (χ0n) is 10.1. The Bertz CT molecular complexity index is 447. The lowest BCUT2D eigenvalue weighted by Crippen LogP contribution is -2.49. The molecule has 0 saturated heterocycles. The molecule has 0 atom stereocenters. The van der Waals surface area contributed by atoms with Crippen LogP contribution in [0.5, 0.6) is 0 Å². The van der Waals surface area contributed by atoms with Crippen LogP contribution in [0, 0.1) is 17.8 Å². The lowest BCUT2D eigenvalue weighted by atomic mass is 9.49. The first-order valence-corrected chi connectivity index (χ1v) is 7.46. The van der Waals surface area contributed by atoms with Crippen LogP contribution in [0.25, 0.3) is 0 Å². The van der Waals surface area contributed by atoms with E-state index in [1.54, 1.807) is 0 Å². The van der Waals surface area contributed by atoms with Crippen LogP contribution >= 0.6 is 23.2 Å². The van der Waals surface area contributed by atoms with Gasteiger partial charge in [0.15, 0.2) is 0 Å². The monoisotopic (exact) mass is 283 g/mol. The summed E-state index contributed by atoms with van der Waals surface area (Å²) < 4.78 is 0. The first-order chi connectivity index (χ1) is 8.63. The second kappa shape index (κ2) is 3.80. The van der Waals surface area contributed by atoms with Gasteiger partial charge in [-0.1, -0.05) is 0 Å². The van der Waals surface area contributed by atoms with Crippen molar-refractivity contribution in [3.8, 4) is 0 Å². The normalized spacial score (nSPS) is 41.3. The SMILES string of the molecule is Clc1nc(Cl)nc(C23CC4CC(CC(C4)C2)C3)n1. The smallest absolute Gasteiger partial charge is 0.202 e. The van der Waals surface area contributed by atoms with Crippen molar-refractivity contribution in [3.05, 3.63) is 16.4 Å². The maximum atomic E-state index is 5.94. The van der Waals surface area contributed by atoms with E-state index in [4.69, 9.17) is 23.2 Å². The average Bonchev–Trinajstić information content (AvgIpc) is 2.25. The van der Waals surface area contributed by atoms with Crippen molar-refractivity contribution in [2.24, 2.45) is 17.8 Å². The zero-order valence-corrected chi connectivity index (χ0v) is 11.6. The predicted octanol–water partition coefficient (Wildman–Crippen LogP) is 3.65. The highest BCUT2D eigenvalue weighted by atomic mass is 35.5. The van der Waals surface area contributed by atoms with Gasteiger partial charge in [-0.05, 0) is 79.5 Å². The van der Waals surface area contributed by atoms with E-state index in [1.165, 1.54) is 38.5 Å². The minimum atomic E-state index is 0.144. The third-order valence-electron chi connectivity index (χ3n) is 5.09. The minimum Gasteiger partial charge on any atom is -0.202 e. The molecule has 0 radical (unpaired) electrons. The van der Waals surface area contributed by atoms with Gasteiger partial charge in [0.1, 0.15) is 5.82 Å². The van der Waals surface area contributed by atoms with Gasteiger partial charge in [0.2, 0.25) is 10.6 Å². The number of aromatic nitrogens is 3. The van der Waals surface area contributed by atoms with Crippen molar-refractivity contribution < 1.29 is 0 Å². The number of hydrogen-bond donors (Lipinski definition) is 0. The second-order valence-electron chi connectivity index (χ2n) is 6.39. The van der Waals surface area contributed by atoms with Gasteiger partial charge in [0.25, 0.3) is 0 Å². The molecule has 1 aromatic heterocycles. The molecule has 4 bridgehead atoms. The third-order valence-corrected chi connectivity index (χ3v) is 5.43. The largest absolute Gasteiger partial charge is 0.226 e. The first-order valence-electron chi connectivity index (χ1n) is 6.70. The molecule has 0 N–H and O–H groups in total. The van der Waals surface area contributed by atoms with Gasteiger partial charge >= 0.3 is 0 Å². The zero-order chi connectivity index (χ0) is 12.3. The van der Waals surface area contributed by atoms with Crippen molar-refractivity contribution in [3.63, 3.8) is 0 Å². The Morgan fingerprint density at radius 3 is 1.67 bits per heavy atom. The molecule has 0 aliphatic heterocycles. The van der Waals surface area contributed by atoms with Crippen LogP contribution in [0.3, 0.4) is 0 Å². The standard InChI is InChI=1S/C13H15Cl2N3/c14-11-16-10(17-12(15)18-11)13-4-7-1-8(5-13)3-9(2-7)6-13/h7-9H,1-6H2. The molecule has 5 heteroatoms. The highest BCUT2D eigenvalue weighted by Crippen LogP contribution is 2.60. The van der Waals surface area contributed by atoms with E-state index in [1.807, 2.05) is 0 Å². The van der Waals surface area contributed by atoms with Gasteiger partial charge in [-0.15, -0.1) is 0 Å². The van der Waals surface area contributed by atoms with Crippen LogP contribution in [-0.2, 0) is 5.41 Å². The molecule has 0 amide bonds. The summed E-state index contributed by atoms with van der Waals surface area (Å²) in [5.41, 5.74) is 0.144. The van der Waals surface area contributed by atoms with Crippen LogP contribution in [0.15, 0.2) is 0 Å². The van der Waals surface area contributed by atoms with Gasteiger partial charge in [-0.25, -0.2) is 9.97 Å². The molecule has 0 aromatic carbocycles. The summed E-state index contributed by atoms with van der Waals surface area (Å²) in [5, 5.41) is 0.474. The van der Waals surface area contributed by atoms with Gasteiger partial charge < -0.3 is 0 Å². The van der Waals surface area contributed by atoms with Gasteiger partial charge in [-0.2, -0.15) is 4.98 Å². The molecule has 4 saturated carbocycles. The molecular formula is C13H15Cl2N3. The molecule has 96 valence electrons. The van der Waals surface area contributed by atoms with Crippen molar-refractivity contribution in [2.45, 2.75) is 43.9 Å². The van der Waals surface area contributed by atoms with Crippen LogP contribution in [-0.4, -0.2) is 15.0 Å². The summed E-state index contributed by atoms with van der Waals surface area (Å²) in [6.45, 7) is 0. The number of hydrogen-bond acceptors (Lipinski definition) is 3. The maximum absolute atomic E-state index is 5.94. The van der Waals surface area contributed by atoms with Crippen molar-refractivity contribution in [1.29, 1.82) is 0 Å². The Labute approximate surface area is 116 Å². The molecule has 4 aliphatic rings. The molecule has 0 unspecified atom stereocenters. The Kier molecular flexibility index (Phi) is 2.41. The fourth-order valence-electron chi connectivity index (χ4n) is 4.95. The third kappa shape index (κ3) is 1.67. The summed E-state index contributed by atoms with van der Waals surface area (Å²) in [5.74, 6) is 3.45. The number of rotatable bonds is 1. The van der Waals surface area contributed by atoms with Crippen molar-refractivity contribution in [1.82, 2.24) is 15.0 Å². The Morgan fingerprint density at radius 2 is 1.22 bits per heavy atom. The molecular weight excluding hydrogens is 269 g/mol. The summed E-state index contributed by atoms with van der Waals surface area (Å²) in [4.78, 5) is 12.6. The predicted molar refractivity (Wildman–Crippen MR) is 69.7 cm³/mol. The Balaban J connectivity index is 1.79. The highest BCUT2D eigenvalue weighted by molar-refractivity contribution is 6.31. The molecule has 4 fully saturated rings. The molecule has 4 aliphatic carbocycles. The van der Waals surface area contributed by atoms with Crippen LogP contribution in [0.4, 0.5) is 0 Å². The van der Waals surface area contributed by atoms with E-state index in [-0.39, 0.29) is 16.0 Å². The summed E-state index contributed by atoms with van der Waals surface area (Å²) in [7, 11) is 0. The fraction of sp³-hybridized carbons (Fsp3) is 0.769. The molecule has 5 rings (SSSR count). The lowest BCUT2D eigenvalue weighted by Gasteiger charge is -2.55. The minimum absolute atomic E-state index is 0.144. The van der Waals surface area contributed by atoms with E-state index in [0.29, 0.717) is 0 Å². The van der Waals surface area contributed by atoms with E-state index in [0.717, 1.165) is 23.6 Å². The van der Waals surface area contributed by atoms with Crippen molar-refractivity contribution >= 4 is 23.2 Å². The highest BCUT2D eigenvalue weighted by Gasteiger charge is 2.53. The number of halogens is 2. The van der Waals surface area contributed by atoms with Gasteiger partial charge in [-0.3, -0.25) is 0 Å². The average molecular weight is 284 g/mol. The molecule has 18 heavy (non-hydrogen) atoms. The Morgan fingerprint density at radius 1 is 0.778 bits per heavy atom. The van der Waals surface area contributed by atoms with E-state index in [9.17, 15) is 0 Å². The summed E-state index contributed by atoms with van der Waals surface area (Å²) in [6, 6.07) is 0. The summed E-state index contributed by atoms with van der Waals surface area (Å²) >= 11 is 11.9. The summed E-state index contributed by atoms with van der Waals surface area (Å²) in [6.07, 6.45) is 7.88. The van der Waals surface area contributed by atoms with Crippen LogP contribution in [0.1, 0.15) is 44.3 Å².